The molecule has 0 aromatic heterocycles. The van der Waals surface area contributed by atoms with Crippen molar-refractivity contribution >= 4 is 17.8 Å². The number of rotatable bonds is 7. The Balaban J connectivity index is 1.09. The molecule has 0 aromatic rings. The normalized spacial score (nSPS) is 38.4. The summed E-state index contributed by atoms with van der Waals surface area (Å²) in [6.45, 7) is 11.2. The summed E-state index contributed by atoms with van der Waals surface area (Å²) >= 11 is 0. The van der Waals surface area contributed by atoms with Gasteiger partial charge in [-0.25, -0.2) is 9.18 Å². The Morgan fingerprint density at radius 3 is 2.54 bits per heavy atom. The Morgan fingerprint density at radius 1 is 1.04 bits per heavy atom. The number of alkyl carbamates (subject to hydrolysis) is 1. The van der Waals surface area contributed by atoms with Gasteiger partial charge in [0, 0.05) is 38.3 Å². The average Bonchev–Trinajstić information content (AvgIpc) is 3.51. The SMILES string of the molecule is CC(C)(C)OC(=O)N[C@@H]1CCN(C(=O)C2=CN3C4CC5CCCCC5CC4OC4C(NCCCN5CCOCC5)C(F)CC(C2=O)C43)C1. The zero-order valence-corrected chi connectivity index (χ0v) is 29.0. The average molecular weight is 674 g/mol. The second-order valence-electron chi connectivity index (χ2n) is 16.4. The number of ether oxygens (including phenoxy) is 3. The molecule has 0 radical (unpaired) electrons. The molecular formula is C36H56FN5O6. The lowest BCUT2D eigenvalue weighted by Crippen LogP contribution is -2.73. The third-order valence-corrected chi connectivity index (χ3v) is 12.0. The van der Waals surface area contributed by atoms with Gasteiger partial charge in [-0.15, -0.1) is 0 Å². The van der Waals surface area contributed by atoms with Crippen LogP contribution in [0, 0.1) is 17.8 Å². The molecule has 0 aromatic carbocycles. The zero-order chi connectivity index (χ0) is 33.6. The van der Waals surface area contributed by atoms with Crippen LogP contribution in [0.25, 0.3) is 0 Å². The Hall–Kier alpha value is -2.28. The molecule has 7 rings (SSSR count). The number of halogens is 1. The quantitative estimate of drug-likeness (QED) is 0.311. The van der Waals surface area contributed by atoms with E-state index in [1.165, 1.54) is 25.7 Å². The molecule has 4 heterocycles. The Kier molecular flexibility index (Phi) is 10.1. The number of hydrogen-bond acceptors (Lipinski definition) is 9. The number of hydrogen-bond donors (Lipinski definition) is 2. The van der Waals surface area contributed by atoms with Crippen molar-refractivity contribution in [1.82, 2.24) is 25.3 Å². The molecular weight excluding hydrogens is 617 g/mol. The number of ketones is 1. The number of morpholine rings is 2. The van der Waals surface area contributed by atoms with Crippen molar-refractivity contribution in [3.8, 4) is 0 Å². The van der Waals surface area contributed by atoms with Crippen LogP contribution in [0.4, 0.5) is 9.18 Å². The van der Waals surface area contributed by atoms with Crippen molar-refractivity contribution in [2.45, 2.75) is 127 Å². The third-order valence-electron chi connectivity index (χ3n) is 12.0. The summed E-state index contributed by atoms with van der Waals surface area (Å²) in [4.78, 5) is 47.0. The predicted octanol–water partition coefficient (Wildman–Crippen LogP) is 3.02. The summed E-state index contributed by atoms with van der Waals surface area (Å²) in [7, 11) is 0. The van der Waals surface area contributed by atoms with E-state index in [1.54, 1.807) is 4.90 Å². The molecule has 7 aliphatic rings. The number of carbonyl (C=O) groups is 3. The number of fused-ring (bicyclic) bond motifs is 3. The van der Waals surface area contributed by atoms with Crippen LogP contribution >= 0.6 is 0 Å². The highest BCUT2D eigenvalue weighted by atomic mass is 19.1. The number of alkyl halides is 1. The van der Waals surface area contributed by atoms with E-state index in [9.17, 15) is 14.4 Å². The van der Waals surface area contributed by atoms with Gasteiger partial charge in [0.15, 0.2) is 5.78 Å². The van der Waals surface area contributed by atoms with E-state index in [0.717, 1.165) is 52.1 Å². The van der Waals surface area contributed by atoms with Crippen molar-refractivity contribution in [3.05, 3.63) is 11.8 Å². The third kappa shape index (κ3) is 7.14. The highest BCUT2D eigenvalue weighted by molar-refractivity contribution is 6.20. The van der Waals surface area contributed by atoms with Gasteiger partial charge in [0.05, 0.1) is 55.2 Å². The van der Waals surface area contributed by atoms with Crippen LogP contribution in [0.5, 0.6) is 0 Å². The lowest BCUT2D eigenvalue weighted by Gasteiger charge is -2.61. The number of amides is 2. The minimum Gasteiger partial charge on any atom is -0.444 e. The highest BCUT2D eigenvalue weighted by Gasteiger charge is 2.59. The topological polar surface area (TPSA) is 113 Å². The summed E-state index contributed by atoms with van der Waals surface area (Å²) in [6, 6.07) is -0.976. The molecule has 3 aliphatic carbocycles. The zero-order valence-electron chi connectivity index (χ0n) is 29.0. The van der Waals surface area contributed by atoms with Gasteiger partial charge in [-0.05, 0) is 77.8 Å². The smallest absolute Gasteiger partial charge is 0.407 e. The standard InChI is InChI=1S/C36H56FN5O6/c1-36(2,3)48-35(45)39-24-9-12-41(20-24)34(44)26-21-42-28-17-22-7-4-5-8-23(22)18-29(28)47-33-30(27(37)19-25(31(33)42)32(26)43)38-10-6-11-40-13-15-46-16-14-40/h21-25,27-31,33,38H,4-20H2,1-3H3,(H,39,45)/t22?,23?,24-,25?,27?,28?,29?,30?,31?,33?/m1/s1. The fourth-order valence-corrected chi connectivity index (χ4v) is 9.79. The first-order chi connectivity index (χ1) is 23.1. The van der Waals surface area contributed by atoms with Gasteiger partial charge in [0.2, 0.25) is 0 Å². The number of nitrogens with zero attached hydrogens (tertiary/aromatic N) is 3. The highest BCUT2D eigenvalue weighted by Crippen LogP contribution is 2.50. The Labute approximate surface area is 284 Å². The number of Topliss-reactive ketones (excluding diaryl/α,β-unsaturated/α-hetero) is 1. The van der Waals surface area contributed by atoms with E-state index in [4.69, 9.17) is 14.2 Å². The second kappa shape index (κ2) is 14.2. The van der Waals surface area contributed by atoms with Crippen molar-refractivity contribution in [2.24, 2.45) is 17.8 Å². The molecule has 268 valence electrons. The second-order valence-corrected chi connectivity index (χ2v) is 16.4. The van der Waals surface area contributed by atoms with Gasteiger partial charge < -0.3 is 34.6 Å². The first kappa shape index (κ1) is 34.2. The molecule has 2 amide bonds. The van der Waals surface area contributed by atoms with Gasteiger partial charge in [0.1, 0.15) is 11.8 Å². The Bertz CT molecular complexity index is 1240. The lowest BCUT2D eigenvalue weighted by atomic mass is 9.65. The van der Waals surface area contributed by atoms with Gasteiger partial charge in [-0.1, -0.05) is 25.7 Å². The minimum atomic E-state index is -1.25. The molecule has 0 spiro atoms. The first-order valence-electron chi connectivity index (χ1n) is 18.7. The maximum absolute atomic E-state index is 16.3. The number of likely N-dealkylation sites (tertiary alicyclic amines) is 1. The molecule has 6 fully saturated rings. The van der Waals surface area contributed by atoms with Crippen molar-refractivity contribution < 1.29 is 33.0 Å². The van der Waals surface area contributed by atoms with E-state index in [2.05, 4.69) is 20.4 Å². The minimum absolute atomic E-state index is 0.0517. The summed E-state index contributed by atoms with van der Waals surface area (Å²) in [5.74, 6) is 0.0122. The van der Waals surface area contributed by atoms with E-state index in [-0.39, 0.29) is 47.9 Å². The fourth-order valence-electron chi connectivity index (χ4n) is 9.79. The number of nitrogens with one attached hydrogen (secondary N) is 2. The molecule has 48 heavy (non-hydrogen) atoms. The summed E-state index contributed by atoms with van der Waals surface area (Å²) < 4.78 is 34.1. The van der Waals surface area contributed by atoms with Crippen LogP contribution in [0.15, 0.2) is 11.8 Å². The molecule has 9 unspecified atom stereocenters. The molecule has 0 bridgehead atoms. The maximum Gasteiger partial charge on any atom is 0.407 e. The van der Waals surface area contributed by atoms with Crippen LogP contribution in [0.3, 0.4) is 0 Å². The van der Waals surface area contributed by atoms with E-state index >= 15 is 4.39 Å². The van der Waals surface area contributed by atoms with Crippen molar-refractivity contribution in [3.63, 3.8) is 0 Å². The first-order valence-corrected chi connectivity index (χ1v) is 18.7. The Morgan fingerprint density at radius 2 is 1.79 bits per heavy atom. The van der Waals surface area contributed by atoms with Gasteiger partial charge in [-0.2, -0.15) is 0 Å². The van der Waals surface area contributed by atoms with Crippen LogP contribution in [0.2, 0.25) is 0 Å². The molecule has 4 aliphatic heterocycles. The predicted molar refractivity (Wildman–Crippen MR) is 177 cm³/mol. The molecule has 3 saturated heterocycles. The van der Waals surface area contributed by atoms with E-state index in [0.29, 0.717) is 37.9 Å². The van der Waals surface area contributed by atoms with Crippen LogP contribution in [0.1, 0.15) is 78.6 Å². The molecule has 10 atom stereocenters. The van der Waals surface area contributed by atoms with Crippen LogP contribution in [-0.2, 0) is 23.8 Å². The van der Waals surface area contributed by atoms with Gasteiger partial charge >= 0.3 is 6.09 Å². The van der Waals surface area contributed by atoms with Crippen molar-refractivity contribution in [2.75, 3.05) is 52.5 Å². The van der Waals surface area contributed by atoms with Crippen LogP contribution < -0.4 is 10.6 Å². The number of carbonyl (C=O) groups excluding carboxylic acids is 3. The molecule has 12 heteroatoms. The molecule has 11 nitrogen and oxygen atoms in total. The van der Waals surface area contributed by atoms with Crippen LogP contribution in [-0.4, -0.2) is 133 Å². The summed E-state index contributed by atoms with van der Waals surface area (Å²) in [5, 5.41) is 6.42. The van der Waals surface area contributed by atoms with E-state index < -0.39 is 35.9 Å². The van der Waals surface area contributed by atoms with Gasteiger partial charge in [-0.3, -0.25) is 14.5 Å². The fraction of sp³-hybridized carbons (Fsp3) is 0.861. The monoisotopic (exact) mass is 673 g/mol. The summed E-state index contributed by atoms with van der Waals surface area (Å²) in [6.07, 6.45) is 8.00. The largest absolute Gasteiger partial charge is 0.444 e. The molecule has 3 saturated carbocycles. The van der Waals surface area contributed by atoms with Gasteiger partial charge in [0.25, 0.3) is 5.91 Å². The summed E-state index contributed by atoms with van der Waals surface area (Å²) in [5.41, 5.74) is -0.465. The lowest BCUT2D eigenvalue weighted by molar-refractivity contribution is -0.208. The maximum atomic E-state index is 16.3. The molecule has 2 N–H and O–H groups in total. The van der Waals surface area contributed by atoms with E-state index in [1.807, 2.05) is 27.0 Å². The van der Waals surface area contributed by atoms with Crippen molar-refractivity contribution in [1.29, 1.82) is 0 Å².